The van der Waals surface area contributed by atoms with E-state index in [-0.39, 0.29) is 0 Å². The summed E-state index contributed by atoms with van der Waals surface area (Å²) in [5, 5.41) is 0. The molecule has 0 spiro atoms. The van der Waals surface area contributed by atoms with Crippen LogP contribution >= 0.6 is 0 Å². The van der Waals surface area contributed by atoms with E-state index in [1.54, 1.807) is 5.57 Å². The second-order valence-corrected chi connectivity index (χ2v) is 5.59. The molecule has 0 amide bonds. The molecule has 0 bridgehead atoms. The molecule has 98 valence electrons. The van der Waals surface area contributed by atoms with Crippen molar-refractivity contribution < 1.29 is 4.74 Å². The third kappa shape index (κ3) is 3.82. The van der Waals surface area contributed by atoms with Crippen LogP contribution in [0.1, 0.15) is 39.5 Å². The number of rotatable bonds is 6. The summed E-state index contributed by atoms with van der Waals surface area (Å²) in [5.74, 6) is 1.79. The Morgan fingerprint density at radius 3 is 2.71 bits per heavy atom. The summed E-state index contributed by atoms with van der Waals surface area (Å²) >= 11 is 0. The highest BCUT2D eigenvalue weighted by Crippen LogP contribution is 2.34. The molecule has 1 fully saturated rings. The van der Waals surface area contributed by atoms with Gasteiger partial charge < -0.3 is 4.74 Å². The van der Waals surface area contributed by atoms with Crippen molar-refractivity contribution in [1.82, 2.24) is 4.90 Å². The molecule has 1 heterocycles. The smallest absolute Gasteiger partial charge is 0.0494 e. The fraction of sp³-hybridized carbons (Fsp3) is 0.867. The minimum absolute atomic E-state index is 0.853. The van der Waals surface area contributed by atoms with Gasteiger partial charge in [-0.3, -0.25) is 4.90 Å². The summed E-state index contributed by atoms with van der Waals surface area (Å²) < 4.78 is 5.48. The summed E-state index contributed by atoms with van der Waals surface area (Å²) in [4.78, 5) is 2.63. The summed E-state index contributed by atoms with van der Waals surface area (Å²) in [7, 11) is 0. The quantitative estimate of drug-likeness (QED) is 0.658. The largest absolute Gasteiger partial charge is 0.381 e. The molecule has 1 saturated carbocycles. The maximum Gasteiger partial charge on any atom is 0.0494 e. The normalized spacial score (nSPS) is 29.9. The molecule has 2 nitrogen and oxygen atoms in total. The number of nitrogens with zero attached hydrogens (tertiary/aromatic N) is 1. The molecular weight excluding hydrogens is 210 g/mol. The van der Waals surface area contributed by atoms with Gasteiger partial charge in [0, 0.05) is 32.8 Å². The predicted octanol–water partition coefficient (Wildman–Crippen LogP) is 3.09. The van der Waals surface area contributed by atoms with Gasteiger partial charge in [-0.25, -0.2) is 0 Å². The molecule has 1 aliphatic carbocycles. The van der Waals surface area contributed by atoms with Gasteiger partial charge >= 0.3 is 0 Å². The van der Waals surface area contributed by atoms with Crippen molar-refractivity contribution in [3.63, 3.8) is 0 Å². The fourth-order valence-electron chi connectivity index (χ4n) is 3.05. The zero-order valence-electron chi connectivity index (χ0n) is 11.5. The molecule has 0 saturated heterocycles. The fourth-order valence-corrected chi connectivity index (χ4v) is 3.05. The Kier molecular flexibility index (Phi) is 5.05. The van der Waals surface area contributed by atoms with Gasteiger partial charge in [0.1, 0.15) is 0 Å². The zero-order chi connectivity index (χ0) is 12.1. The van der Waals surface area contributed by atoms with Gasteiger partial charge in [-0.2, -0.15) is 0 Å². The lowest BCUT2D eigenvalue weighted by Crippen LogP contribution is -2.39. The summed E-state index contributed by atoms with van der Waals surface area (Å²) in [6.07, 6.45) is 7.76. The summed E-state index contributed by atoms with van der Waals surface area (Å²) in [5.41, 5.74) is 1.66. The van der Waals surface area contributed by atoms with E-state index in [2.05, 4.69) is 24.8 Å². The van der Waals surface area contributed by atoms with Crippen LogP contribution in [0.3, 0.4) is 0 Å². The van der Waals surface area contributed by atoms with E-state index in [1.807, 2.05) is 0 Å². The van der Waals surface area contributed by atoms with Crippen molar-refractivity contribution in [2.24, 2.45) is 11.8 Å². The van der Waals surface area contributed by atoms with E-state index in [4.69, 9.17) is 4.74 Å². The average molecular weight is 237 g/mol. The number of ether oxygens (including phenoxy) is 1. The Morgan fingerprint density at radius 2 is 2.12 bits per heavy atom. The molecule has 1 aliphatic heterocycles. The Balaban J connectivity index is 1.60. The standard InChI is InChI=1S/C15H27NO/c1-3-13-5-7-16(8-6-13)11-14-9-15(10-14)12-17-4-2/h5,14-15H,3-4,6-12H2,1-2H3. The van der Waals surface area contributed by atoms with Crippen molar-refractivity contribution in [3.05, 3.63) is 11.6 Å². The molecule has 2 aliphatic rings. The minimum atomic E-state index is 0.853. The van der Waals surface area contributed by atoms with Crippen molar-refractivity contribution in [2.75, 3.05) is 32.8 Å². The third-order valence-corrected chi connectivity index (χ3v) is 4.25. The van der Waals surface area contributed by atoms with E-state index in [0.29, 0.717) is 0 Å². The van der Waals surface area contributed by atoms with Crippen LogP contribution in [0.25, 0.3) is 0 Å². The van der Waals surface area contributed by atoms with Crippen LogP contribution in [-0.4, -0.2) is 37.7 Å². The van der Waals surface area contributed by atoms with Gasteiger partial charge in [0.15, 0.2) is 0 Å². The molecule has 0 aromatic heterocycles. The van der Waals surface area contributed by atoms with Gasteiger partial charge in [0.05, 0.1) is 0 Å². The molecule has 0 radical (unpaired) electrons. The Bertz CT molecular complexity index is 256. The van der Waals surface area contributed by atoms with Crippen LogP contribution in [-0.2, 0) is 4.74 Å². The predicted molar refractivity (Wildman–Crippen MR) is 72.1 cm³/mol. The maximum absolute atomic E-state index is 5.48. The van der Waals surface area contributed by atoms with Crippen LogP contribution in [0, 0.1) is 11.8 Å². The lowest BCUT2D eigenvalue weighted by atomic mass is 9.75. The van der Waals surface area contributed by atoms with Crippen LogP contribution in [0.4, 0.5) is 0 Å². The molecular formula is C15H27NO. The van der Waals surface area contributed by atoms with E-state index in [0.717, 1.165) is 25.0 Å². The highest BCUT2D eigenvalue weighted by Gasteiger charge is 2.30. The van der Waals surface area contributed by atoms with Crippen LogP contribution in [0.5, 0.6) is 0 Å². The highest BCUT2D eigenvalue weighted by atomic mass is 16.5. The molecule has 0 aromatic carbocycles. The highest BCUT2D eigenvalue weighted by molar-refractivity contribution is 5.06. The molecule has 2 heteroatoms. The van der Waals surface area contributed by atoms with Gasteiger partial charge in [-0.05, 0) is 44.4 Å². The van der Waals surface area contributed by atoms with Gasteiger partial charge in [0.2, 0.25) is 0 Å². The van der Waals surface area contributed by atoms with Crippen LogP contribution in [0.15, 0.2) is 11.6 Å². The van der Waals surface area contributed by atoms with E-state index < -0.39 is 0 Å². The van der Waals surface area contributed by atoms with Crippen LogP contribution in [0.2, 0.25) is 0 Å². The second-order valence-electron chi connectivity index (χ2n) is 5.59. The molecule has 0 unspecified atom stereocenters. The molecule has 17 heavy (non-hydrogen) atoms. The monoisotopic (exact) mass is 237 g/mol. The first kappa shape index (κ1) is 13.1. The van der Waals surface area contributed by atoms with Crippen molar-refractivity contribution in [1.29, 1.82) is 0 Å². The maximum atomic E-state index is 5.48. The molecule has 0 atom stereocenters. The summed E-state index contributed by atoms with van der Waals surface area (Å²) in [6, 6.07) is 0. The summed E-state index contributed by atoms with van der Waals surface area (Å²) in [6.45, 7) is 10.0. The van der Waals surface area contributed by atoms with Gasteiger partial charge in [-0.1, -0.05) is 18.6 Å². The van der Waals surface area contributed by atoms with Crippen molar-refractivity contribution in [2.45, 2.75) is 39.5 Å². The van der Waals surface area contributed by atoms with Gasteiger partial charge in [0.25, 0.3) is 0 Å². The van der Waals surface area contributed by atoms with E-state index >= 15 is 0 Å². The average Bonchev–Trinajstić information content (AvgIpc) is 2.32. The third-order valence-electron chi connectivity index (χ3n) is 4.25. The van der Waals surface area contributed by atoms with Gasteiger partial charge in [-0.15, -0.1) is 0 Å². The first-order valence-electron chi connectivity index (χ1n) is 7.29. The van der Waals surface area contributed by atoms with Crippen LogP contribution < -0.4 is 0 Å². The minimum Gasteiger partial charge on any atom is -0.381 e. The first-order valence-corrected chi connectivity index (χ1v) is 7.29. The SMILES string of the molecule is CCOCC1CC(CN2CC=C(CC)CC2)C1. The Morgan fingerprint density at radius 1 is 1.29 bits per heavy atom. The lowest BCUT2D eigenvalue weighted by molar-refractivity contribution is 0.0371. The number of hydrogen-bond acceptors (Lipinski definition) is 2. The van der Waals surface area contributed by atoms with Crippen molar-refractivity contribution >= 4 is 0 Å². The first-order chi connectivity index (χ1) is 8.31. The lowest BCUT2D eigenvalue weighted by Gasteiger charge is -2.39. The molecule has 2 rings (SSSR count). The topological polar surface area (TPSA) is 12.5 Å². The molecule has 0 aromatic rings. The van der Waals surface area contributed by atoms with E-state index in [9.17, 15) is 0 Å². The molecule has 0 N–H and O–H groups in total. The second kappa shape index (κ2) is 6.55. The number of hydrogen-bond donors (Lipinski definition) is 0. The Labute approximate surface area is 106 Å². The van der Waals surface area contributed by atoms with E-state index in [1.165, 1.54) is 45.3 Å². The zero-order valence-corrected chi connectivity index (χ0v) is 11.5. The van der Waals surface area contributed by atoms with Crippen molar-refractivity contribution in [3.8, 4) is 0 Å². The Hall–Kier alpha value is -0.340.